The number of fused-ring (bicyclic) bond motifs is 1. The van der Waals surface area contributed by atoms with E-state index in [-0.39, 0.29) is 6.61 Å². The van der Waals surface area contributed by atoms with Gasteiger partial charge in [-0.05, 0) is 24.8 Å². The molecule has 0 amide bonds. The maximum atomic E-state index is 9.09. The summed E-state index contributed by atoms with van der Waals surface area (Å²) in [5, 5.41) is 16.6. The molecule has 0 aliphatic rings. The molecule has 0 spiro atoms. The molecule has 0 bridgehead atoms. The Hall–Kier alpha value is -1.40. The van der Waals surface area contributed by atoms with Crippen LogP contribution in [0.4, 0.5) is 11.8 Å². The third-order valence-corrected chi connectivity index (χ3v) is 4.86. The molecule has 0 saturated heterocycles. The number of aromatic nitrogens is 2. The van der Waals surface area contributed by atoms with E-state index in [1.165, 1.54) is 4.88 Å². The lowest BCUT2D eigenvalue weighted by Gasteiger charge is -2.15. The highest BCUT2D eigenvalue weighted by Crippen LogP contribution is 2.30. The number of nitrogens with zero attached hydrogens (tertiary/aromatic N) is 2. The molecule has 6 heteroatoms. The molecule has 0 aliphatic heterocycles. The Morgan fingerprint density at radius 1 is 1.33 bits per heavy atom. The number of hydrogen-bond donors (Lipinski definition) is 3. The topological polar surface area (TPSA) is 70.1 Å². The van der Waals surface area contributed by atoms with Crippen molar-refractivity contribution in [1.29, 1.82) is 0 Å². The lowest BCUT2D eigenvalue weighted by atomic mass is 10.0. The van der Waals surface area contributed by atoms with Crippen molar-refractivity contribution in [3.8, 4) is 0 Å². The molecule has 0 aromatic carbocycles. The van der Waals surface area contributed by atoms with Crippen LogP contribution in [0.5, 0.6) is 0 Å². The summed E-state index contributed by atoms with van der Waals surface area (Å²) in [6, 6.07) is 2.18. The van der Waals surface area contributed by atoms with Crippen LogP contribution in [0.3, 0.4) is 0 Å². The van der Waals surface area contributed by atoms with E-state index in [1.54, 1.807) is 11.3 Å². The number of thiophene rings is 1. The minimum absolute atomic E-state index is 0.236. The summed E-state index contributed by atoms with van der Waals surface area (Å²) in [5.41, 5.74) is 0. The molecule has 21 heavy (non-hydrogen) atoms. The maximum Gasteiger partial charge on any atom is 0.225 e. The number of aryl methyl sites for hydroxylation is 1. The van der Waals surface area contributed by atoms with Gasteiger partial charge in [-0.15, -0.1) is 11.3 Å². The van der Waals surface area contributed by atoms with Crippen molar-refractivity contribution in [3.05, 3.63) is 10.9 Å². The summed E-state index contributed by atoms with van der Waals surface area (Å²) in [6.45, 7) is 5.36. The zero-order valence-corrected chi connectivity index (χ0v) is 13.8. The average molecular weight is 308 g/mol. The second-order valence-corrected chi connectivity index (χ2v) is 6.21. The van der Waals surface area contributed by atoms with E-state index in [1.807, 2.05) is 7.05 Å². The summed E-state index contributed by atoms with van der Waals surface area (Å²) in [6.07, 6.45) is 2.88. The lowest BCUT2D eigenvalue weighted by molar-refractivity contribution is 0.258. The number of nitrogens with one attached hydrogen (secondary N) is 2. The van der Waals surface area contributed by atoms with Gasteiger partial charge in [0.2, 0.25) is 5.95 Å². The van der Waals surface area contributed by atoms with E-state index in [0.29, 0.717) is 11.9 Å². The molecule has 2 aromatic heterocycles. The smallest absolute Gasteiger partial charge is 0.225 e. The van der Waals surface area contributed by atoms with Crippen LogP contribution in [-0.2, 0) is 6.42 Å². The summed E-state index contributed by atoms with van der Waals surface area (Å²) in [7, 11) is 1.83. The molecule has 5 nitrogen and oxygen atoms in total. The van der Waals surface area contributed by atoms with Gasteiger partial charge < -0.3 is 15.7 Å². The van der Waals surface area contributed by atoms with Crippen LogP contribution >= 0.6 is 11.3 Å². The summed E-state index contributed by atoms with van der Waals surface area (Å²) >= 11 is 1.72. The Morgan fingerprint density at radius 3 is 2.76 bits per heavy atom. The van der Waals surface area contributed by atoms with E-state index in [0.717, 1.165) is 41.8 Å². The predicted octanol–water partition coefficient (Wildman–Crippen LogP) is 3.12. The highest BCUT2D eigenvalue weighted by Gasteiger charge is 2.12. The van der Waals surface area contributed by atoms with E-state index in [9.17, 15) is 0 Å². The van der Waals surface area contributed by atoms with Crippen molar-refractivity contribution in [2.24, 2.45) is 5.92 Å². The number of anilines is 2. The Kier molecular flexibility index (Phi) is 5.76. The van der Waals surface area contributed by atoms with Crippen LogP contribution in [-0.4, -0.2) is 35.3 Å². The molecule has 2 heterocycles. The van der Waals surface area contributed by atoms with Crippen LogP contribution in [0.1, 0.15) is 31.6 Å². The third-order valence-electron chi connectivity index (χ3n) is 3.69. The van der Waals surface area contributed by atoms with Crippen LogP contribution in [0.25, 0.3) is 10.2 Å². The average Bonchev–Trinajstić information content (AvgIpc) is 2.94. The fourth-order valence-electron chi connectivity index (χ4n) is 2.27. The van der Waals surface area contributed by atoms with Crippen molar-refractivity contribution in [3.63, 3.8) is 0 Å². The van der Waals surface area contributed by atoms with Gasteiger partial charge >= 0.3 is 0 Å². The van der Waals surface area contributed by atoms with Gasteiger partial charge in [0, 0.05) is 25.1 Å². The summed E-state index contributed by atoms with van der Waals surface area (Å²) < 4.78 is 0. The highest BCUT2D eigenvalue weighted by atomic mass is 32.1. The van der Waals surface area contributed by atoms with Crippen LogP contribution < -0.4 is 10.6 Å². The van der Waals surface area contributed by atoms with E-state index < -0.39 is 0 Å². The standard InChI is InChI=1S/C15H24N4OS/c1-4-10(6-7-20)9-17-13-12-8-11(5-2)21-14(12)19-15(16-3)18-13/h8,10,20H,4-7,9H2,1-3H3,(H2,16,17,18,19). The zero-order chi connectivity index (χ0) is 15.2. The fourth-order valence-corrected chi connectivity index (χ4v) is 3.23. The van der Waals surface area contributed by atoms with Crippen LogP contribution in [0.15, 0.2) is 6.07 Å². The number of aliphatic hydroxyl groups excluding tert-OH is 1. The Labute approximate surface area is 129 Å². The van der Waals surface area contributed by atoms with E-state index >= 15 is 0 Å². The monoisotopic (exact) mass is 308 g/mol. The molecular formula is C15H24N4OS. The summed E-state index contributed by atoms with van der Waals surface area (Å²) in [5.74, 6) is 1.99. The van der Waals surface area contributed by atoms with E-state index in [4.69, 9.17) is 5.11 Å². The molecule has 2 aromatic rings. The van der Waals surface area contributed by atoms with Gasteiger partial charge in [0.05, 0.1) is 5.39 Å². The van der Waals surface area contributed by atoms with Crippen molar-refractivity contribution >= 4 is 33.3 Å². The molecule has 1 atom stereocenters. The van der Waals surface area contributed by atoms with Gasteiger partial charge in [0.15, 0.2) is 0 Å². The first-order chi connectivity index (χ1) is 10.2. The van der Waals surface area contributed by atoms with Gasteiger partial charge in [-0.2, -0.15) is 4.98 Å². The molecule has 0 aliphatic carbocycles. The normalized spacial score (nSPS) is 12.6. The largest absolute Gasteiger partial charge is 0.396 e. The minimum Gasteiger partial charge on any atom is -0.396 e. The van der Waals surface area contributed by atoms with Crippen molar-refractivity contribution in [1.82, 2.24) is 9.97 Å². The zero-order valence-electron chi connectivity index (χ0n) is 12.9. The molecule has 0 radical (unpaired) electrons. The number of aliphatic hydroxyl groups is 1. The van der Waals surface area contributed by atoms with Gasteiger partial charge in [0.1, 0.15) is 10.6 Å². The minimum atomic E-state index is 0.236. The second-order valence-electron chi connectivity index (χ2n) is 5.10. The maximum absolute atomic E-state index is 9.09. The van der Waals surface area contributed by atoms with Gasteiger partial charge in [-0.1, -0.05) is 20.3 Å². The first-order valence-electron chi connectivity index (χ1n) is 7.54. The fraction of sp³-hybridized carbons (Fsp3) is 0.600. The van der Waals surface area contributed by atoms with Crippen molar-refractivity contribution in [2.75, 3.05) is 30.8 Å². The quantitative estimate of drug-likeness (QED) is 0.699. The lowest BCUT2D eigenvalue weighted by Crippen LogP contribution is -2.16. The first kappa shape index (κ1) is 16.0. The van der Waals surface area contributed by atoms with Crippen molar-refractivity contribution in [2.45, 2.75) is 33.1 Å². The molecule has 116 valence electrons. The predicted molar refractivity (Wildman–Crippen MR) is 90.3 cm³/mol. The molecule has 3 N–H and O–H groups in total. The first-order valence-corrected chi connectivity index (χ1v) is 8.36. The van der Waals surface area contributed by atoms with Gasteiger partial charge in [-0.3, -0.25) is 0 Å². The van der Waals surface area contributed by atoms with E-state index in [2.05, 4.69) is 40.5 Å². The Bertz CT molecular complexity index is 584. The number of rotatable bonds is 8. The summed E-state index contributed by atoms with van der Waals surface area (Å²) in [4.78, 5) is 11.4. The molecule has 2 rings (SSSR count). The molecule has 1 unspecified atom stereocenters. The van der Waals surface area contributed by atoms with Crippen LogP contribution in [0, 0.1) is 5.92 Å². The second kappa shape index (κ2) is 7.56. The molecular weight excluding hydrogens is 284 g/mol. The van der Waals surface area contributed by atoms with Crippen LogP contribution in [0.2, 0.25) is 0 Å². The number of hydrogen-bond acceptors (Lipinski definition) is 6. The Balaban J connectivity index is 2.26. The van der Waals surface area contributed by atoms with Gasteiger partial charge in [0.25, 0.3) is 0 Å². The van der Waals surface area contributed by atoms with Gasteiger partial charge in [-0.25, -0.2) is 4.98 Å². The SMILES string of the molecule is CCc1cc2c(NCC(CC)CCO)nc(NC)nc2s1. The third kappa shape index (κ3) is 3.83. The molecule has 0 fully saturated rings. The molecule has 0 saturated carbocycles. The Morgan fingerprint density at radius 2 is 2.14 bits per heavy atom. The highest BCUT2D eigenvalue weighted by molar-refractivity contribution is 7.18. The van der Waals surface area contributed by atoms with Crippen molar-refractivity contribution < 1.29 is 5.11 Å².